The lowest BCUT2D eigenvalue weighted by Crippen LogP contribution is -2.13. The summed E-state index contributed by atoms with van der Waals surface area (Å²) in [6.07, 6.45) is 3.07. The number of nitrogen functional groups attached to an aromatic ring is 1. The van der Waals surface area contributed by atoms with Crippen LogP contribution in [0, 0.1) is 5.82 Å². The van der Waals surface area contributed by atoms with Crippen molar-refractivity contribution in [3.05, 3.63) is 54.1 Å². The number of rotatable bonds is 2. The van der Waals surface area contributed by atoms with Gasteiger partial charge >= 0.3 is 0 Å². The van der Waals surface area contributed by atoms with Crippen LogP contribution in [0.4, 0.5) is 15.8 Å². The number of amides is 1. The average molecular weight is 231 g/mol. The standard InChI is InChI=1S/C12H10FN3O/c13-11-7-8(14)1-2-10(11)12(17)16-9-3-5-15-6-4-9/h1-7H,14H2,(H,15,16,17). The summed E-state index contributed by atoms with van der Waals surface area (Å²) in [4.78, 5) is 15.5. The molecule has 1 heterocycles. The lowest BCUT2D eigenvalue weighted by molar-refractivity contribution is 0.102. The van der Waals surface area contributed by atoms with E-state index >= 15 is 0 Å². The summed E-state index contributed by atoms with van der Waals surface area (Å²) in [5, 5.41) is 2.56. The van der Waals surface area contributed by atoms with Crippen LogP contribution in [0.5, 0.6) is 0 Å². The van der Waals surface area contributed by atoms with Gasteiger partial charge in [-0.15, -0.1) is 0 Å². The maximum absolute atomic E-state index is 13.5. The number of anilines is 2. The Balaban J connectivity index is 2.21. The number of carbonyl (C=O) groups is 1. The van der Waals surface area contributed by atoms with Gasteiger partial charge in [-0.1, -0.05) is 0 Å². The fourth-order valence-electron chi connectivity index (χ4n) is 1.35. The second-order valence-electron chi connectivity index (χ2n) is 3.43. The molecule has 2 rings (SSSR count). The van der Waals surface area contributed by atoms with Crippen LogP contribution in [0.15, 0.2) is 42.7 Å². The highest BCUT2D eigenvalue weighted by atomic mass is 19.1. The molecule has 0 saturated carbocycles. The Bertz CT molecular complexity index is 543. The number of hydrogen-bond acceptors (Lipinski definition) is 3. The molecule has 0 aliphatic carbocycles. The molecule has 2 aromatic rings. The number of pyridine rings is 1. The summed E-state index contributed by atoms with van der Waals surface area (Å²) >= 11 is 0. The van der Waals surface area contributed by atoms with Crippen LogP contribution in [0.1, 0.15) is 10.4 Å². The predicted octanol–water partition coefficient (Wildman–Crippen LogP) is 2.06. The summed E-state index contributed by atoms with van der Waals surface area (Å²) < 4.78 is 13.5. The van der Waals surface area contributed by atoms with Crippen molar-refractivity contribution in [3.8, 4) is 0 Å². The third kappa shape index (κ3) is 2.57. The predicted molar refractivity (Wildman–Crippen MR) is 63.0 cm³/mol. The van der Waals surface area contributed by atoms with E-state index in [4.69, 9.17) is 5.73 Å². The van der Waals surface area contributed by atoms with E-state index in [9.17, 15) is 9.18 Å². The molecule has 0 aliphatic rings. The van der Waals surface area contributed by atoms with Crippen molar-refractivity contribution >= 4 is 17.3 Å². The molecular weight excluding hydrogens is 221 g/mol. The van der Waals surface area contributed by atoms with Crippen LogP contribution in [0.3, 0.4) is 0 Å². The molecule has 0 atom stereocenters. The molecule has 0 radical (unpaired) electrons. The molecule has 1 aromatic carbocycles. The number of nitrogens with one attached hydrogen (secondary N) is 1. The van der Waals surface area contributed by atoms with Gasteiger partial charge in [-0.05, 0) is 30.3 Å². The first-order valence-electron chi connectivity index (χ1n) is 4.93. The summed E-state index contributed by atoms with van der Waals surface area (Å²) in [6, 6.07) is 7.17. The minimum atomic E-state index is -0.642. The normalized spacial score (nSPS) is 9.94. The Hall–Kier alpha value is -2.43. The molecular formula is C12H10FN3O. The molecule has 0 unspecified atom stereocenters. The minimum Gasteiger partial charge on any atom is -0.399 e. The number of hydrogen-bond donors (Lipinski definition) is 2. The van der Waals surface area contributed by atoms with Crippen LogP contribution >= 0.6 is 0 Å². The van der Waals surface area contributed by atoms with E-state index < -0.39 is 11.7 Å². The van der Waals surface area contributed by atoms with Crippen molar-refractivity contribution in [1.82, 2.24) is 4.98 Å². The zero-order valence-electron chi connectivity index (χ0n) is 8.85. The van der Waals surface area contributed by atoms with E-state index in [0.717, 1.165) is 6.07 Å². The number of carbonyl (C=O) groups excluding carboxylic acids is 1. The highest BCUT2D eigenvalue weighted by molar-refractivity contribution is 6.04. The van der Waals surface area contributed by atoms with Crippen LogP contribution in [0.2, 0.25) is 0 Å². The van der Waals surface area contributed by atoms with Crippen molar-refractivity contribution in [3.63, 3.8) is 0 Å². The molecule has 0 fully saturated rings. The van der Waals surface area contributed by atoms with Crippen molar-refractivity contribution in [2.75, 3.05) is 11.1 Å². The number of halogens is 1. The van der Waals surface area contributed by atoms with Crippen molar-refractivity contribution in [2.45, 2.75) is 0 Å². The van der Waals surface area contributed by atoms with Crippen molar-refractivity contribution in [1.29, 1.82) is 0 Å². The first-order valence-corrected chi connectivity index (χ1v) is 4.93. The van der Waals surface area contributed by atoms with Gasteiger partial charge in [-0.2, -0.15) is 0 Å². The number of benzene rings is 1. The SMILES string of the molecule is Nc1ccc(C(=O)Nc2ccncc2)c(F)c1. The van der Waals surface area contributed by atoms with Gasteiger partial charge in [0.15, 0.2) is 0 Å². The van der Waals surface area contributed by atoms with Gasteiger partial charge in [0, 0.05) is 23.8 Å². The summed E-state index contributed by atoms with van der Waals surface area (Å²) in [7, 11) is 0. The lowest BCUT2D eigenvalue weighted by atomic mass is 10.2. The smallest absolute Gasteiger partial charge is 0.258 e. The van der Waals surface area contributed by atoms with Gasteiger partial charge in [-0.3, -0.25) is 9.78 Å². The van der Waals surface area contributed by atoms with Gasteiger partial charge in [0.2, 0.25) is 0 Å². The van der Waals surface area contributed by atoms with Gasteiger partial charge in [0.1, 0.15) is 5.82 Å². The number of nitrogens with zero attached hydrogens (tertiary/aromatic N) is 1. The molecule has 0 aliphatic heterocycles. The first-order chi connectivity index (χ1) is 8.16. The second kappa shape index (κ2) is 4.61. The van der Waals surface area contributed by atoms with Gasteiger partial charge in [0.25, 0.3) is 5.91 Å². The molecule has 0 saturated heterocycles. The topological polar surface area (TPSA) is 68.0 Å². The van der Waals surface area contributed by atoms with E-state index in [2.05, 4.69) is 10.3 Å². The van der Waals surface area contributed by atoms with Crippen molar-refractivity contribution < 1.29 is 9.18 Å². The Morgan fingerprint density at radius 2 is 1.94 bits per heavy atom. The molecule has 0 bridgehead atoms. The molecule has 17 heavy (non-hydrogen) atoms. The zero-order chi connectivity index (χ0) is 12.3. The first kappa shape index (κ1) is 11.1. The zero-order valence-corrected chi connectivity index (χ0v) is 8.85. The van der Waals surface area contributed by atoms with Crippen LogP contribution in [0.25, 0.3) is 0 Å². The maximum Gasteiger partial charge on any atom is 0.258 e. The molecule has 86 valence electrons. The van der Waals surface area contributed by atoms with E-state index in [0.29, 0.717) is 5.69 Å². The van der Waals surface area contributed by atoms with E-state index in [-0.39, 0.29) is 11.3 Å². The minimum absolute atomic E-state index is 0.0454. The Kier molecular flexibility index (Phi) is 3.00. The second-order valence-corrected chi connectivity index (χ2v) is 3.43. The van der Waals surface area contributed by atoms with Crippen LogP contribution in [-0.2, 0) is 0 Å². The Morgan fingerprint density at radius 3 is 2.59 bits per heavy atom. The fraction of sp³-hybridized carbons (Fsp3) is 0. The van der Waals surface area contributed by atoms with E-state index in [1.807, 2.05) is 0 Å². The van der Waals surface area contributed by atoms with E-state index in [1.54, 1.807) is 12.1 Å². The summed E-state index contributed by atoms with van der Waals surface area (Å²) in [5.74, 6) is -1.16. The third-order valence-electron chi connectivity index (χ3n) is 2.18. The van der Waals surface area contributed by atoms with Crippen LogP contribution < -0.4 is 11.1 Å². The maximum atomic E-state index is 13.5. The Morgan fingerprint density at radius 1 is 1.24 bits per heavy atom. The highest BCUT2D eigenvalue weighted by Gasteiger charge is 2.11. The molecule has 1 aromatic heterocycles. The van der Waals surface area contributed by atoms with Gasteiger partial charge in [-0.25, -0.2) is 4.39 Å². The van der Waals surface area contributed by atoms with E-state index in [1.165, 1.54) is 24.5 Å². The number of aromatic nitrogens is 1. The lowest BCUT2D eigenvalue weighted by Gasteiger charge is -2.06. The quantitative estimate of drug-likeness (QED) is 0.777. The average Bonchev–Trinajstić information content (AvgIpc) is 2.30. The summed E-state index contributed by atoms with van der Waals surface area (Å²) in [6.45, 7) is 0. The van der Waals surface area contributed by atoms with Crippen LogP contribution in [-0.4, -0.2) is 10.9 Å². The fourth-order valence-corrected chi connectivity index (χ4v) is 1.35. The largest absolute Gasteiger partial charge is 0.399 e. The van der Waals surface area contributed by atoms with Crippen molar-refractivity contribution in [2.24, 2.45) is 0 Å². The molecule has 1 amide bonds. The molecule has 5 heteroatoms. The molecule has 4 nitrogen and oxygen atoms in total. The molecule has 0 spiro atoms. The van der Waals surface area contributed by atoms with Gasteiger partial charge in [0.05, 0.1) is 5.56 Å². The third-order valence-corrected chi connectivity index (χ3v) is 2.18. The van der Waals surface area contributed by atoms with Gasteiger partial charge < -0.3 is 11.1 Å². The highest BCUT2D eigenvalue weighted by Crippen LogP contribution is 2.14. The Labute approximate surface area is 97.3 Å². The summed E-state index contributed by atoms with van der Waals surface area (Å²) in [5.41, 5.74) is 6.19. The monoisotopic (exact) mass is 231 g/mol. The molecule has 3 N–H and O–H groups in total. The number of nitrogens with two attached hydrogens (primary N) is 1.